The number of nitrogens with two attached hydrogens (primary N) is 1. The van der Waals surface area contributed by atoms with Crippen LogP contribution in [0.5, 0.6) is 5.75 Å². The van der Waals surface area contributed by atoms with Crippen LogP contribution < -0.4 is 9.88 Å². The summed E-state index contributed by atoms with van der Waals surface area (Å²) in [5, 5.41) is 11.2. The van der Waals surface area contributed by atoms with Gasteiger partial charge in [0.1, 0.15) is 11.5 Å². The van der Waals surface area contributed by atoms with Crippen molar-refractivity contribution in [2.24, 2.45) is 20.2 Å². The second-order valence-corrected chi connectivity index (χ2v) is 8.16. The highest BCUT2D eigenvalue weighted by Crippen LogP contribution is 2.27. The Morgan fingerprint density at radius 1 is 1.21 bits per heavy atom. The lowest BCUT2D eigenvalue weighted by atomic mass is 10.0. The molecule has 150 valence electrons. The number of fused-ring (bicyclic) bond motifs is 1. The Morgan fingerprint density at radius 3 is 2.61 bits per heavy atom. The van der Waals surface area contributed by atoms with Crippen molar-refractivity contribution in [3.8, 4) is 5.75 Å². The average molecular weight is 405 g/mol. The van der Waals surface area contributed by atoms with Crippen LogP contribution >= 0.6 is 0 Å². The van der Waals surface area contributed by atoms with Gasteiger partial charge in [-0.1, -0.05) is 20.3 Å². The Labute approximate surface area is 164 Å². The van der Waals surface area contributed by atoms with Gasteiger partial charge in [0, 0.05) is 7.05 Å². The molecule has 1 atom stereocenters. The number of carbonyl (C=O) groups is 1. The molecule has 9 nitrogen and oxygen atoms in total. The van der Waals surface area contributed by atoms with Gasteiger partial charge in [-0.05, 0) is 31.0 Å². The number of rotatable bonds is 7. The van der Waals surface area contributed by atoms with E-state index >= 15 is 0 Å². The van der Waals surface area contributed by atoms with Crippen LogP contribution in [0.25, 0.3) is 0 Å². The van der Waals surface area contributed by atoms with Gasteiger partial charge in [-0.15, -0.1) is 0 Å². The predicted molar refractivity (Wildman–Crippen MR) is 106 cm³/mol. The first kappa shape index (κ1) is 20.2. The molecule has 1 aromatic rings. The summed E-state index contributed by atoms with van der Waals surface area (Å²) in [5.74, 6) is 0.0932. The highest BCUT2D eigenvalue weighted by molar-refractivity contribution is 7.89. The van der Waals surface area contributed by atoms with E-state index in [2.05, 4.69) is 15.1 Å². The Balaban J connectivity index is 2.11. The van der Waals surface area contributed by atoms with Crippen molar-refractivity contribution in [2.45, 2.75) is 44.0 Å². The first-order valence-electron chi connectivity index (χ1n) is 9.08. The summed E-state index contributed by atoms with van der Waals surface area (Å²) >= 11 is 0. The number of aliphatic imine (C=N–C) groups is 2. The molecule has 1 aromatic carbocycles. The van der Waals surface area contributed by atoms with Crippen LogP contribution in [0.15, 0.2) is 38.2 Å². The van der Waals surface area contributed by atoms with Crippen molar-refractivity contribution in [2.75, 3.05) is 13.7 Å². The van der Waals surface area contributed by atoms with Gasteiger partial charge in [-0.25, -0.2) is 18.5 Å². The number of amidine groups is 1. The van der Waals surface area contributed by atoms with E-state index in [0.717, 1.165) is 18.6 Å². The summed E-state index contributed by atoms with van der Waals surface area (Å²) < 4.78 is 29.3. The van der Waals surface area contributed by atoms with Crippen LogP contribution in [0.4, 0.5) is 0 Å². The predicted octanol–water partition coefficient (Wildman–Crippen LogP) is 1.32. The van der Waals surface area contributed by atoms with Gasteiger partial charge in [0.2, 0.25) is 10.0 Å². The van der Waals surface area contributed by atoms with Crippen molar-refractivity contribution in [3.63, 3.8) is 0 Å². The molecule has 0 saturated heterocycles. The quantitative estimate of drug-likeness (QED) is 0.732. The molecule has 1 unspecified atom stereocenters. The summed E-state index contributed by atoms with van der Waals surface area (Å²) in [6.07, 6.45) is 2.29. The molecule has 0 aromatic heterocycles. The lowest BCUT2D eigenvalue weighted by Gasteiger charge is -2.20. The highest BCUT2D eigenvalue weighted by Gasteiger charge is 2.40. The molecule has 0 bridgehead atoms. The van der Waals surface area contributed by atoms with Crippen molar-refractivity contribution < 1.29 is 17.9 Å². The van der Waals surface area contributed by atoms with Crippen LogP contribution in [0, 0.1) is 0 Å². The lowest BCUT2D eigenvalue weighted by Crippen LogP contribution is -2.41. The van der Waals surface area contributed by atoms with Crippen LogP contribution in [-0.2, 0) is 14.8 Å². The fraction of sp³-hybridized carbons (Fsp3) is 0.444. The Morgan fingerprint density at radius 2 is 1.96 bits per heavy atom. The summed E-state index contributed by atoms with van der Waals surface area (Å²) in [6, 6.07) is 3.56. The third-order valence-corrected chi connectivity index (χ3v) is 5.26. The first-order chi connectivity index (χ1) is 13.3. The van der Waals surface area contributed by atoms with Crippen LogP contribution in [0.3, 0.4) is 0 Å². The molecule has 0 radical (unpaired) electrons. The largest absolute Gasteiger partial charge is 0.493 e. The van der Waals surface area contributed by atoms with Gasteiger partial charge >= 0.3 is 0 Å². The van der Waals surface area contributed by atoms with E-state index < -0.39 is 22.0 Å². The smallest absolute Gasteiger partial charge is 0.278 e. The number of ether oxygens (including phenoxy) is 1. The minimum atomic E-state index is -3.94. The first-order valence-corrected chi connectivity index (χ1v) is 10.6. The van der Waals surface area contributed by atoms with E-state index in [4.69, 9.17) is 9.88 Å². The van der Waals surface area contributed by atoms with Gasteiger partial charge < -0.3 is 4.74 Å². The van der Waals surface area contributed by atoms with Crippen LogP contribution in [0.1, 0.15) is 38.7 Å². The highest BCUT2D eigenvalue weighted by atomic mass is 32.2. The standard InChI is InChI=1S/C18H23N5O4S/c1-4-6-13-15-16(23(3)22-13)18(24)21-17(20-15)12-10-11(28(19,25)26)7-8-14(12)27-9-5-2/h7-8,10,16H,4-6,9H2,1-3H3,(H2,19,25,26). The molecule has 0 saturated carbocycles. The Bertz CT molecular complexity index is 997. The number of amides is 1. The second kappa shape index (κ2) is 7.80. The number of hydrogen-bond acceptors (Lipinski definition) is 7. The monoisotopic (exact) mass is 405 g/mol. The van der Waals surface area contributed by atoms with E-state index in [1.807, 2.05) is 13.8 Å². The topological polar surface area (TPSA) is 127 Å². The minimum Gasteiger partial charge on any atom is -0.493 e. The number of likely N-dealkylation sites (N-methyl/N-ethyl adjacent to an activating group) is 1. The third kappa shape index (κ3) is 3.83. The Hall–Kier alpha value is -2.59. The molecule has 28 heavy (non-hydrogen) atoms. The van der Waals surface area contributed by atoms with Gasteiger partial charge in [0.15, 0.2) is 11.9 Å². The van der Waals surface area contributed by atoms with E-state index in [-0.39, 0.29) is 10.7 Å². The van der Waals surface area contributed by atoms with Crippen LogP contribution in [-0.4, -0.2) is 56.3 Å². The number of hydrazone groups is 1. The number of benzene rings is 1. The minimum absolute atomic E-state index is 0.102. The van der Waals surface area contributed by atoms with Crippen molar-refractivity contribution in [3.05, 3.63) is 23.8 Å². The third-order valence-electron chi connectivity index (χ3n) is 4.35. The van der Waals surface area contributed by atoms with E-state index in [1.54, 1.807) is 12.1 Å². The maximum atomic E-state index is 12.7. The number of primary sulfonamides is 1. The maximum Gasteiger partial charge on any atom is 0.278 e. The fourth-order valence-electron chi connectivity index (χ4n) is 3.08. The Kier molecular flexibility index (Phi) is 5.61. The number of sulfonamides is 1. The van der Waals surface area contributed by atoms with Crippen molar-refractivity contribution >= 4 is 33.2 Å². The summed E-state index contributed by atoms with van der Waals surface area (Å²) in [4.78, 5) is 21.2. The summed E-state index contributed by atoms with van der Waals surface area (Å²) in [5.41, 5.74) is 1.58. The molecular weight excluding hydrogens is 382 g/mol. The fourth-order valence-corrected chi connectivity index (χ4v) is 3.62. The second-order valence-electron chi connectivity index (χ2n) is 6.60. The summed E-state index contributed by atoms with van der Waals surface area (Å²) in [7, 11) is -2.23. The van der Waals surface area contributed by atoms with Gasteiger partial charge in [-0.3, -0.25) is 9.80 Å². The van der Waals surface area contributed by atoms with Crippen LogP contribution in [0.2, 0.25) is 0 Å². The molecule has 0 spiro atoms. The zero-order chi connectivity index (χ0) is 20.5. The number of hydrogen-bond donors (Lipinski definition) is 1. The zero-order valence-corrected chi connectivity index (χ0v) is 16.9. The van der Waals surface area contributed by atoms with Gasteiger partial charge in [-0.2, -0.15) is 10.1 Å². The van der Waals surface area contributed by atoms with E-state index in [0.29, 0.717) is 30.1 Å². The SMILES string of the molecule is CCCOc1ccc(S(N)(=O)=O)cc1C1=NC(=O)C2C(=N1)C(CCC)=NN2C. The van der Waals surface area contributed by atoms with Gasteiger partial charge in [0.05, 0.1) is 22.8 Å². The molecule has 2 heterocycles. The molecule has 1 amide bonds. The molecule has 2 aliphatic heterocycles. The summed E-state index contributed by atoms with van der Waals surface area (Å²) in [6.45, 7) is 4.39. The van der Waals surface area contributed by atoms with Crippen molar-refractivity contribution in [1.29, 1.82) is 0 Å². The molecule has 3 rings (SSSR count). The number of carbonyl (C=O) groups excluding carboxylic acids is 1. The molecule has 0 fully saturated rings. The molecule has 2 aliphatic rings. The lowest BCUT2D eigenvalue weighted by molar-refractivity contribution is -0.120. The molecule has 0 aliphatic carbocycles. The molecule has 10 heteroatoms. The van der Waals surface area contributed by atoms with Crippen molar-refractivity contribution in [1.82, 2.24) is 5.01 Å². The maximum absolute atomic E-state index is 12.7. The average Bonchev–Trinajstić information content (AvgIpc) is 2.95. The zero-order valence-electron chi connectivity index (χ0n) is 16.0. The normalized spacial score (nSPS) is 19.1. The van der Waals surface area contributed by atoms with E-state index in [9.17, 15) is 13.2 Å². The molecule has 2 N–H and O–H groups in total. The number of nitrogens with zero attached hydrogens (tertiary/aromatic N) is 4. The molecular formula is C18H23N5O4S. The van der Waals surface area contributed by atoms with Gasteiger partial charge in [0.25, 0.3) is 5.91 Å². The van der Waals surface area contributed by atoms with E-state index in [1.165, 1.54) is 18.2 Å².